The van der Waals surface area contributed by atoms with Crippen LogP contribution < -0.4 is 10.9 Å². The highest BCUT2D eigenvalue weighted by atomic mass is 32.2. The highest BCUT2D eigenvalue weighted by Gasteiger charge is 2.02. The molecule has 0 saturated carbocycles. The quantitative estimate of drug-likeness (QED) is 0.701. The first kappa shape index (κ1) is 16.1. The summed E-state index contributed by atoms with van der Waals surface area (Å²) in [6, 6.07) is 16.8. The summed E-state index contributed by atoms with van der Waals surface area (Å²) in [5.74, 6) is 2.23. The fourth-order valence-corrected chi connectivity index (χ4v) is 3.20. The van der Waals surface area contributed by atoms with Gasteiger partial charge in [-0.3, -0.25) is 9.20 Å². The van der Waals surface area contributed by atoms with Crippen molar-refractivity contribution in [2.45, 2.75) is 5.75 Å². The number of pyridine rings is 1. The number of nitriles is 1. The van der Waals surface area contributed by atoms with Gasteiger partial charge >= 0.3 is 0 Å². The second kappa shape index (κ2) is 7.66. The van der Waals surface area contributed by atoms with E-state index in [1.807, 2.05) is 30.3 Å². The van der Waals surface area contributed by atoms with E-state index >= 15 is 0 Å². The van der Waals surface area contributed by atoms with Crippen molar-refractivity contribution in [3.8, 4) is 6.07 Å². The van der Waals surface area contributed by atoms with Crippen molar-refractivity contribution < 1.29 is 0 Å². The lowest BCUT2D eigenvalue weighted by Crippen LogP contribution is -2.16. The number of benzene rings is 1. The Kier molecular flexibility index (Phi) is 5.14. The zero-order valence-electron chi connectivity index (χ0n) is 13.0. The Labute approximate surface area is 144 Å². The molecule has 0 unspecified atom stereocenters. The van der Waals surface area contributed by atoms with Crippen LogP contribution in [-0.4, -0.2) is 21.7 Å². The number of hydrogen-bond donors (Lipinski definition) is 1. The smallest absolute Gasteiger partial charge is 0.259 e. The molecule has 5 nitrogen and oxygen atoms in total. The Morgan fingerprint density at radius 1 is 1.21 bits per heavy atom. The summed E-state index contributed by atoms with van der Waals surface area (Å²) >= 11 is 1.74. The monoisotopic (exact) mass is 336 g/mol. The largest absolute Gasteiger partial charge is 0.369 e. The third-order valence-electron chi connectivity index (χ3n) is 3.52. The van der Waals surface area contributed by atoms with E-state index in [9.17, 15) is 4.79 Å². The second-order valence-corrected chi connectivity index (χ2v) is 6.26. The van der Waals surface area contributed by atoms with Crippen LogP contribution in [0, 0.1) is 11.3 Å². The molecule has 0 fully saturated rings. The molecule has 6 heteroatoms. The molecule has 2 aromatic heterocycles. The molecule has 0 aliphatic rings. The van der Waals surface area contributed by atoms with Crippen molar-refractivity contribution in [3.05, 3.63) is 76.2 Å². The predicted octanol–water partition coefficient (Wildman–Crippen LogP) is 2.91. The molecule has 0 spiro atoms. The van der Waals surface area contributed by atoms with Crippen molar-refractivity contribution in [3.63, 3.8) is 0 Å². The molecule has 2 heterocycles. The van der Waals surface area contributed by atoms with E-state index in [2.05, 4.69) is 16.4 Å². The fourth-order valence-electron chi connectivity index (χ4n) is 2.33. The van der Waals surface area contributed by atoms with E-state index < -0.39 is 0 Å². The molecule has 0 aliphatic carbocycles. The molecule has 0 saturated heterocycles. The molecule has 3 aromatic rings. The van der Waals surface area contributed by atoms with Crippen LogP contribution in [0.25, 0.3) is 5.65 Å². The number of thioether (sulfide) groups is 1. The molecule has 24 heavy (non-hydrogen) atoms. The van der Waals surface area contributed by atoms with E-state index in [1.165, 1.54) is 10.5 Å². The second-order valence-electron chi connectivity index (χ2n) is 5.16. The Bertz CT molecular complexity index is 945. The molecule has 120 valence electrons. The summed E-state index contributed by atoms with van der Waals surface area (Å²) in [7, 11) is 0. The van der Waals surface area contributed by atoms with Crippen LogP contribution in [0.4, 0.5) is 5.82 Å². The van der Waals surface area contributed by atoms with E-state index in [0.717, 1.165) is 22.6 Å². The van der Waals surface area contributed by atoms with Crippen LogP contribution in [0.15, 0.2) is 59.5 Å². The topological polar surface area (TPSA) is 70.2 Å². The Balaban J connectivity index is 1.54. The summed E-state index contributed by atoms with van der Waals surface area (Å²) in [6.07, 6.45) is 1.71. The first-order valence-corrected chi connectivity index (χ1v) is 8.71. The van der Waals surface area contributed by atoms with Gasteiger partial charge in [0.25, 0.3) is 5.56 Å². The first-order chi connectivity index (χ1) is 11.8. The van der Waals surface area contributed by atoms with Crippen molar-refractivity contribution in [2.75, 3.05) is 17.6 Å². The lowest BCUT2D eigenvalue weighted by atomic mass is 10.1. The van der Waals surface area contributed by atoms with Crippen molar-refractivity contribution in [1.82, 2.24) is 9.38 Å². The molecule has 1 N–H and O–H groups in total. The van der Waals surface area contributed by atoms with Gasteiger partial charge in [-0.2, -0.15) is 17.0 Å². The third-order valence-corrected chi connectivity index (χ3v) is 4.53. The lowest BCUT2D eigenvalue weighted by Gasteiger charge is -2.07. The van der Waals surface area contributed by atoms with Crippen LogP contribution in [0.2, 0.25) is 0 Å². The van der Waals surface area contributed by atoms with Gasteiger partial charge in [-0.25, -0.2) is 4.98 Å². The van der Waals surface area contributed by atoms with Gasteiger partial charge in [-0.15, -0.1) is 0 Å². The molecular weight excluding hydrogens is 320 g/mol. The van der Waals surface area contributed by atoms with Gasteiger partial charge in [0.1, 0.15) is 11.5 Å². The van der Waals surface area contributed by atoms with Gasteiger partial charge in [-0.05, 0) is 23.8 Å². The maximum Gasteiger partial charge on any atom is 0.259 e. The highest BCUT2D eigenvalue weighted by molar-refractivity contribution is 7.98. The van der Waals surface area contributed by atoms with Gasteiger partial charge in [0.2, 0.25) is 0 Å². The van der Waals surface area contributed by atoms with Gasteiger partial charge in [0.15, 0.2) is 0 Å². The van der Waals surface area contributed by atoms with Crippen LogP contribution in [-0.2, 0) is 5.75 Å². The SMILES string of the molecule is N#Cc1ccccc1CSCCNc1cc(=O)n2ccccc2n1. The summed E-state index contributed by atoms with van der Waals surface area (Å²) in [5, 5.41) is 12.3. The molecule has 0 amide bonds. The van der Waals surface area contributed by atoms with Crippen molar-refractivity contribution in [1.29, 1.82) is 5.26 Å². The number of hydrogen-bond acceptors (Lipinski definition) is 5. The molecule has 3 rings (SSSR count). The number of rotatable bonds is 6. The fraction of sp³-hybridized carbons (Fsp3) is 0.167. The average molecular weight is 336 g/mol. The number of nitrogens with zero attached hydrogens (tertiary/aromatic N) is 3. The van der Waals surface area contributed by atoms with Crippen LogP contribution in [0.3, 0.4) is 0 Å². The first-order valence-electron chi connectivity index (χ1n) is 7.56. The van der Waals surface area contributed by atoms with E-state index in [-0.39, 0.29) is 5.56 Å². The normalized spacial score (nSPS) is 10.5. The molecular formula is C18H16N4OS. The minimum atomic E-state index is -0.0984. The van der Waals surface area contributed by atoms with Crippen LogP contribution in [0.5, 0.6) is 0 Å². The average Bonchev–Trinajstić information content (AvgIpc) is 2.62. The van der Waals surface area contributed by atoms with E-state index in [1.54, 1.807) is 30.1 Å². The molecule has 0 bridgehead atoms. The molecule has 0 atom stereocenters. The zero-order valence-corrected chi connectivity index (χ0v) is 13.8. The van der Waals surface area contributed by atoms with Gasteiger partial charge in [0.05, 0.1) is 11.6 Å². The zero-order chi connectivity index (χ0) is 16.8. The summed E-state index contributed by atoms with van der Waals surface area (Å²) in [5.41, 5.74) is 2.30. The third kappa shape index (κ3) is 3.76. The maximum absolute atomic E-state index is 12.0. The molecule has 0 radical (unpaired) electrons. The lowest BCUT2D eigenvalue weighted by molar-refractivity contribution is 1.03. The Morgan fingerprint density at radius 3 is 2.92 bits per heavy atom. The molecule has 1 aromatic carbocycles. The summed E-state index contributed by atoms with van der Waals surface area (Å²) in [4.78, 5) is 16.4. The van der Waals surface area contributed by atoms with Crippen molar-refractivity contribution >= 4 is 23.2 Å². The van der Waals surface area contributed by atoms with Crippen LogP contribution in [0.1, 0.15) is 11.1 Å². The van der Waals surface area contributed by atoms with Crippen molar-refractivity contribution in [2.24, 2.45) is 0 Å². The predicted molar refractivity (Wildman–Crippen MR) is 97.3 cm³/mol. The van der Waals surface area contributed by atoms with E-state index in [0.29, 0.717) is 18.0 Å². The minimum Gasteiger partial charge on any atom is -0.369 e. The minimum absolute atomic E-state index is 0.0984. The molecule has 0 aliphatic heterocycles. The van der Waals surface area contributed by atoms with Gasteiger partial charge < -0.3 is 5.32 Å². The number of nitrogens with one attached hydrogen (secondary N) is 1. The maximum atomic E-state index is 12.0. The Hall–Kier alpha value is -2.78. The van der Waals surface area contributed by atoms with Gasteiger partial charge in [-0.1, -0.05) is 24.3 Å². The summed E-state index contributed by atoms with van der Waals surface area (Å²) in [6.45, 7) is 0.703. The summed E-state index contributed by atoms with van der Waals surface area (Å²) < 4.78 is 1.51. The number of aromatic nitrogens is 2. The van der Waals surface area contributed by atoms with Gasteiger partial charge in [0, 0.05) is 30.3 Å². The Morgan fingerprint density at radius 2 is 2.04 bits per heavy atom. The highest BCUT2D eigenvalue weighted by Crippen LogP contribution is 2.15. The number of anilines is 1. The van der Waals surface area contributed by atoms with E-state index in [4.69, 9.17) is 5.26 Å². The van der Waals surface area contributed by atoms with Crippen LogP contribution >= 0.6 is 11.8 Å². The standard InChI is InChI=1S/C18H16N4OS/c19-12-14-5-1-2-6-15(14)13-24-10-8-20-16-11-18(23)22-9-4-3-7-17(22)21-16/h1-7,9,11,20H,8,10,13H2. The number of fused-ring (bicyclic) bond motifs is 1.